The summed E-state index contributed by atoms with van der Waals surface area (Å²) in [6, 6.07) is 4.21. The third kappa shape index (κ3) is 5.35. The average molecular weight is 287 g/mol. The average Bonchev–Trinajstić information content (AvgIpc) is 2.41. The second-order valence-corrected chi connectivity index (χ2v) is 5.81. The molecule has 0 aliphatic heterocycles. The van der Waals surface area contributed by atoms with Crippen molar-refractivity contribution >= 4 is 16.6 Å². The number of benzene rings is 1. The molecule has 1 rings (SSSR count). The van der Waals surface area contributed by atoms with Crippen LogP contribution in [0, 0.1) is 5.82 Å². The second-order valence-electron chi connectivity index (χ2n) is 3.94. The van der Waals surface area contributed by atoms with E-state index in [0.29, 0.717) is 35.7 Å². The summed E-state index contributed by atoms with van der Waals surface area (Å²) in [7, 11) is -0.811. The number of hydrogen-bond acceptors (Lipinski definition) is 4. The fourth-order valence-corrected chi connectivity index (χ4v) is 2.18. The Bertz CT molecular complexity index is 480. The Balaban J connectivity index is 2.59. The number of oxime groups is 1. The molecule has 0 spiro atoms. The van der Waals surface area contributed by atoms with Crippen LogP contribution in [0.25, 0.3) is 0 Å². The minimum absolute atomic E-state index is 0.132. The Morgan fingerprint density at radius 3 is 2.89 bits per heavy atom. The molecule has 0 aliphatic carbocycles. The molecular formula is C12H18FN3O2S. The molecule has 0 amide bonds. The van der Waals surface area contributed by atoms with Crippen LogP contribution in [0.3, 0.4) is 0 Å². The number of nitrogens with one attached hydrogen (secondary N) is 1. The quantitative estimate of drug-likeness (QED) is 0.227. The summed E-state index contributed by atoms with van der Waals surface area (Å²) in [5, 5.41) is 14.5. The number of nitrogens with zero attached hydrogens (tertiary/aromatic N) is 1. The summed E-state index contributed by atoms with van der Waals surface area (Å²) in [6.07, 6.45) is 0. The monoisotopic (exact) mass is 287 g/mol. The van der Waals surface area contributed by atoms with Gasteiger partial charge in [-0.2, -0.15) is 0 Å². The lowest BCUT2D eigenvalue weighted by molar-refractivity contribution is 0.318. The minimum atomic E-state index is -0.811. The molecule has 1 atom stereocenters. The van der Waals surface area contributed by atoms with E-state index in [1.807, 2.05) is 6.92 Å². The molecule has 1 aromatic carbocycles. The molecule has 1 unspecified atom stereocenters. The minimum Gasteiger partial charge on any atom is -0.409 e. The first-order chi connectivity index (χ1) is 9.06. The highest BCUT2D eigenvalue weighted by molar-refractivity contribution is 7.84. The van der Waals surface area contributed by atoms with E-state index in [-0.39, 0.29) is 5.84 Å². The number of hydrogen-bond donors (Lipinski definition) is 3. The molecule has 0 radical (unpaired) electrons. The van der Waals surface area contributed by atoms with Crippen molar-refractivity contribution in [3.63, 3.8) is 0 Å². The Hall–Kier alpha value is -1.47. The van der Waals surface area contributed by atoms with Gasteiger partial charge in [0.15, 0.2) is 5.84 Å². The van der Waals surface area contributed by atoms with Crippen LogP contribution in [0.1, 0.15) is 18.1 Å². The van der Waals surface area contributed by atoms with Gasteiger partial charge in [0.05, 0.1) is 0 Å². The Labute approximate surface area is 114 Å². The van der Waals surface area contributed by atoms with Gasteiger partial charge in [-0.15, -0.1) is 0 Å². The molecule has 5 nitrogen and oxygen atoms in total. The SMILES string of the molecule is CCS(=O)CCNCc1cc(F)cc(/C(N)=N/O)c1. The molecule has 0 saturated carbocycles. The van der Waals surface area contributed by atoms with Crippen LogP contribution >= 0.6 is 0 Å². The highest BCUT2D eigenvalue weighted by Crippen LogP contribution is 2.09. The third-order valence-corrected chi connectivity index (χ3v) is 3.82. The van der Waals surface area contributed by atoms with Crippen LogP contribution in [0.2, 0.25) is 0 Å². The van der Waals surface area contributed by atoms with Crippen LogP contribution in [-0.2, 0) is 17.3 Å². The Kier molecular flexibility index (Phi) is 6.44. The third-order valence-electron chi connectivity index (χ3n) is 2.52. The molecule has 4 N–H and O–H groups in total. The maximum atomic E-state index is 13.3. The fraction of sp³-hybridized carbons (Fsp3) is 0.417. The van der Waals surface area contributed by atoms with Crippen molar-refractivity contribution in [2.45, 2.75) is 13.5 Å². The van der Waals surface area contributed by atoms with Gasteiger partial charge in [-0.3, -0.25) is 4.21 Å². The van der Waals surface area contributed by atoms with E-state index >= 15 is 0 Å². The predicted molar refractivity (Wildman–Crippen MR) is 74.2 cm³/mol. The summed E-state index contributed by atoms with van der Waals surface area (Å²) in [5.41, 5.74) is 6.43. The Morgan fingerprint density at radius 2 is 2.26 bits per heavy atom. The van der Waals surface area contributed by atoms with Gasteiger partial charge >= 0.3 is 0 Å². The van der Waals surface area contributed by atoms with E-state index in [1.54, 1.807) is 6.07 Å². The molecule has 0 aliphatic rings. The van der Waals surface area contributed by atoms with Crippen molar-refractivity contribution < 1.29 is 13.8 Å². The molecule has 19 heavy (non-hydrogen) atoms. The van der Waals surface area contributed by atoms with Crippen molar-refractivity contribution in [3.8, 4) is 0 Å². The summed E-state index contributed by atoms with van der Waals surface area (Å²) in [4.78, 5) is 0. The smallest absolute Gasteiger partial charge is 0.170 e. The van der Waals surface area contributed by atoms with Crippen molar-refractivity contribution in [3.05, 3.63) is 35.1 Å². The molecule has 106 valence electrons. The van der Waals surface area contributed by atoms with Crippen molar-refractivity contribution in [2.75, 3.05) is 18.1 Å². The van der Waals surface area contributed by atoms with E-state index in [2.05, 4.69) is 10.5 Å². The standard InChI is InChI=1S/C12H18FN3O2S/c1-2-19(18)4-3-15-8-9-5-10(12(14)16-17)7-11(13)6-9/h5-7,15,17H,2-4,8H2,1H3,(H2,14,16). The van der Waals surface area contributed by atoms with Gasteiger partial charge in [0.2, 0.25) is 0 Å². The highest BCUT2D eigenvalue weighted by atomic mass is 32.2. The molecule has 0 saturated heterocycles. The van der Waals surface area contributed by atoms with Gasteiger partial charge in [-0.05, 0) is 23.8 Å². The molecule has 0 fully saturated rings. The molecular weight excluding hydrogens is 269 g/mol. The van der Waals surface area contributed by atoms with Crippen LogP contribution in [0.15, 0.2) is 23.4 Å². The van der Waals surface area contributed by atoms with Gasteiger partial charge in [0.25, 0.3) is 0 Å². The second kappa shape index (κ2) is 7.85. The van der Waals surface area contributed by atoms with E-state index in [0.717, 1.165) is 0 Å². The molecule has 0 bridgehead atoms. The zero-order valence-corrected chi connectivity index (χ0v) is 11.5. The van der Waals surface area contributed by atoms with E-state index in [1.165, 1.54) is 12.1 Å². The largest absolute Gasteiger partial charge is 0.409 e. The first-order valence-corrected chi connectivity index (χ1v) is 7.38. The number of rotatable bonds is 7. The topological polar surface area (TPSA) is 87.7 Å². The maximum Gasteiger partial charge on any atom is 0.170 e. The molecule has 1 aromatic rings. The molecule has 0 heterocycles. The predicted octanol–water partition coefficient (Wildman–Crippen LogP) is 0.778. The summed E-state index contributed by atoms with van der Waals surface area (Å²) >= 11 is 0. The summed E-state index contributed by atoms with van der Waals surface area (Å²) < 4.78 is 24.6. The van der Waals surface area contributed by atoms with Gasteiger partial charge < -0.3 is 16.3 Å². The number of amidine groups is 1. The van der Waals surface area contributed by atoms with Gasteiger partial charge in [-0.1, -0.05) is 12.1 Å². The van der Waals surface area contributed by atoms with E-state index in [9.17, 15) is 8.60 Å². The van der Waals surface area contributed by atoms with Gasteiger partial charge in [0, 0.05) is 41.0 Å². The number of halogens is 1. The van der Waals surface area contributed by atoms with E-state index in [4.69, 9.17) is 10.9 Å². The van der Waals surface area contributed by atoms with Crippen molar-refractivity contribution in [1.82, 2.24) is 5.32 Å². The first kappa shape index (κ1) is 15.6. The lowest BCUT2D eigenvalue weighted by atomic mass is 10.1. The summed E-state index contributed by atoms with van der Waals surface area (Å²) in [6.45, 7) is 2.90. The molecule has 0 aromatic heterocycles. The van der Waals surface area contributed by atoms with Crippen LogP contribution in [0.5, 0.6) is 0 Å². The van der Waals surface area contributed by atoms with Crippen LogP contribution in [0.4, 0.5) is 4.39 Å². The normalized spacial score (nSPS) is 13.5. The maximum absolute atomic E-state index is 13.3. The lowest BCUT2D eigenvalue weighted by Gasteiger charge is -2.07. The van der Waals surface area contributed by atoms with Gasteiger partial charge in [0.1, 0.15) is 5.82 Å². The summed E-state index contributed by atoms with van der Waals surface area (Å²) in [5.74, 6) is 0.625. The van der Waals surface area contributed by atoms with Gasteiger partial charge in [-0.25, -0.2) is 4.39 Å². The Morgan fingerprint density at radius 1 is 1.53 bits per heavy atom. The molecule has 7 heteroatoms. The fourth-order valence-electron chi connectivity index (χ4n) is 1.52. The van der Waals surface area contributed by atoms with Crippen LogP contribution < -0.4 is 11.1 Å². The van der Waals surface area contributed by atoms with Crippen molar-refractivity contribution in [1.29, 1.82) is 0 Å². The van der Waals surface area contributed by atoms with Crippen LogP contribution in [-0.4, -0.2) is 33.3 Å². The lowest BCUT2D eigenvalue weighted by Crippen LogP contribution is -2.21. The zero-order valence-electron chi connectivity index (χ0n) is 10.7. The zero-order chi connectivity index (χ0) is 14.3. The highest BCUT2D eigenvalue weighted by Gasteiger charge is 2.05. The first-order valence-electron chi connectivity index (χ1n) is 5.90. The van der Waals surface area contributed by atoms with E-state index < -0.39 is 16.6 Å². The van der Waals surface area contributed by atoms with Crippen molar-refractivity contribution in [2.24, 2.45) is 10.9 Å². The number of nitrogens with two attached hydrogens (primary N) is 1.